The van der Waals surface area contributed by atoms with E-state index in [0.717, 1.165) is 24.3 Å². The first-order chi connectivity index (χ1) is 14.1. The van der Waals surface area contributed by atoms with Crippen molar-refractivity contribution in [3.05, 3.63) is 75.7 Å². The van der Waals surface area contributed by atoms with E-state index >= 15 is 0 Å². The van der Waals surface area contributed by atoms with Crippen LogP contribution >= 0.6 is 0 Å². The van der Waals surface area contributed by atoms with Gasteiger partial charge in [-0.1, -0.05) is 30.3 Å². The van der Waals surface area contributed by atoms with Crippen molar-refractivity contribution in [2.24, 2.45) is 0 Å². The van der Waals surface area contributed by atoms with Crippen LogP contribution < -0.4 is 15.0 Å². The van der Waals surface area contributed by atoms with E-state index in [1.54, 1.807) is 6.07 Å². The number of aryl methyl sites for hydroxylation is 1. The predicted molar refractivity (Wildman–Crippen MR) is 112 cm³/mol. The summed E-state index contributed by atoms with van der Waals surface area (Å²) in [5.74, 6) is 1.29. The Morgan fingerprint density at radius 3 is 2.69 bits per heavy atom. The van der Waals surface area contributed by atoms with Crippen LogP contribution in [0.3, 0.4) is 0 Å². The Balaban J connectivity index is 1.26. The topological polar surface area (TPSA) is 53.4 Å². The highest BCUT2D eigenvalue weighted by molar-refractivity contribution is 5.68. The van der Waals surface area contributed by atoms with Gasteiger partial charge < -0.3 is 9.47 Å². The highest BCUT2D eigenvalue weighted by Gasteiger charge is 2.33. The third-order valence-corrected chi connectivity index (χ3v) is 5.88. The van der Waals surface area contributed by atoms with Gasteiger partial charge in [0.1, 0.15) is 12.4 Å². The van der Waals surface area contributed by atoms with Crippen molar-refractivity contribution >= 4 is 0 Å². The molecule has 148 valence electrons. The molecule has 5 rings (SSSR count). The zero-order valence-electron chi connectivity index (χ0n) is 16.7. The minimum Gasteiger partial charge on any atom is -0.490 e. The zero-order chi connectivity index (χ0) is 20.0. The fourth-order valence-electron chi connectivity index (χ4n) is 3.95. The van der Waals surface area contributed by atoms with Crippen LogP contribution in [0.25, 0.3) is 11.1 Å². The number of benzene rings is 2. The van der Waals surface area contributed by atoms with Crippen molar-refractivity contribution in [1.29, 1.82) is 0 Å². The van der Waals surface area contributed by atoms with Gasteiger partial charge in [-0.25, -0.2) is 0 Å². The lowest BCUT2D eigenvalue weighted by molar-refractivity contribution is 0.143. The lowest BCUT2D eigenvalue weighted by atomic mass is 9.97. The van der Waals surface area contributed by atoms with Crippen molar-refractivity contribution in [2.75, 3.05) is 6.61 Å². The SMILES string of the molecule is Cc1cccc(-c2ccc(OC[C@@H]3Cn4c(C5CC5)cc(=O)nc4O3)cc2)c1C. The van der Waals surface area contributed by atoms with Crippen molar-refractivity contribution < 1.29 is 9.47 Å². The largest absolute Gasteiger partial charge is 0.490 e. The van der Waals surface area contributed by atoms with Crippen LogP contribution in [0.5, 0.6) is 11.8 Å². The third kappa shape index (κ3) is 3.53. The van der Waals surface area contributed by atoms with E-state index < -0.39 is 0 Å². The molecule has 0 unspecified atom stereocenters. The molecule has 0 amide bonds. The van der Waals surface area contributed by atoms with Gasteiger partial charge >= 0.3 is 0 Å². The fourth-order valence-corrected chi connectivity index (χ4v) is 3.95. The average Bonchev–Trinajstić information content (AvgIpc) is 3.48. The molecular formula is C24H24N2O3. The Morgan fingerprint density at radius 2 is 1.93 bits per heavy atom. The fraction of sp³-hybridized carbons (Fsp3) is 0.333. The van der Waals surface area contributed by atoms with Gasteiger partial charge in [-0.05, 0) is 67.0 Å². The summed E-state index contributed by atoms with van der Waals surface area (Å²) in [6.45, 7) is 5.38. The second-order valence-corrected chi connectivity index (χ2v) is 8.01. The van der Waals surface area contributed by atoms with Crippen LogP contribution in [0.15, 0.2) is 53.3 Å². The summed E-state index contributed by atoms with van der Waals surface area (Å²) in [6.07, 6.45) is 2.13. The maximum atomic E-state index is 11.8. The molecule has 2 aromatic carbocycles. The van der Waals surface area contributed by atoms with Crippen molar-refractivity contribution in [2.45, 2.75) is 45.3 Å². The first-order valence-electron chi connectivity index (χ1n) is 10.2. The van der Waals surface area contributed by atoms with Gasteiger partial charge in [-0.2, -0.15) is 4.98 Å². The average molecular weight is 388 g/mol. The van der Waals surface area contributed by atoms with Gasteiger partial charge in [0.25, 0.3) is 11.6 Å². The highest BCUT2D eigenvalue weighted by atomic mass is 16.6. The van der Waals surface area contributed by atoms with Crippen LogP contribution in [-0.4, -0.2) is 22.3 Å². The summed E-state index contributed by atoms with van der Waals surface area (Å²) >= 11 is 0. The van der Waals surface area contributed by atoms with E-state index in [0.29, 0.717) is 25.1 Å². The Hall–Kier alpha value is -3.08. The molecule has 0 bridgehead atoms. The first-order valence-corrected chi connectivity index (χ1v) is 10.2. The van der Waals surface area contributed by atoms with Crippen LogP contribution in [0.1, 0.15) is 35.6 Å². The molecule has 1 aromatic heterocycles. The molecule has 5 nitrogen and oxygen atoms in total. The molecule has 1 saturated carbocycles. The number of hydrogen-bond donors (Lipinski definition) is 0. The number of fused-ring (bicyclic) bond motifs is 1. The number of hydrogen-bond acceptors (Lipinski definition) is 4. The third-order valence-electron chi connectivity index (χ3n) is 5.88. The molecule has 0 N–H and O–H groups in total. The Kier molecular flexibility index (Phi) is 4.38. The van der Waals surface area contributed by atoms with Gasteiger partial charge in [-0.3, -0.25) is 9.36 Å². The quantitative estimate of drug-likeness (QED) is 0.656. The van der Waals surface area contributed by atoms with E-state index in [1.807, 2.05) is 16.7 Å². The molecule has 0 radical (unpaired) electrons. The van der Waals surface area contributed by atoms with Crippen LogP contribution in [0.2, 0.25) is 0 Å². The highest BCUT2D eigenvalue weighted by Crippen LogP contribution is 2.41. The Morgan fingerprint density at radius 1 is 1.14 bits per heavy atom. The zero-order valence-corrected chi connectivity index (χ0v) is 16.7. The van der Waals surface area contributed by atoms with Gasteiger partial charge in [0.05, 0.1) is 6.54 Å². The molecule has 5 heteroatoms. The van der Waals surface area contributed by atoms with Crippen LogP contribution in [0.4, 0.5) is 0 Å². The standard InChI is InChI=1S/C24H24N2O3/c1-15-4-3-5-21(16(15)2)17-8-10-19(11-9-17)28-14-20-13-26-22(18-6-7-18)12-23(27)25-24(26)29-20/h3-5,8-12,18,20H,6-7,13-14H2,1-2H3/t20-/m0/s1. The summed E-state index contributed by atoms with van der Waals surface area (Å²) in [5.41, 5.74) is 5.85. The second kappa shape index (κ2) is 7.07. The normalized spacial score (nSPS) is 17.7. The van der Waals surface area contributed by atoms with Gasteiger partial charge in [0, 0.05) is 11.8 Å². The molecule has 1 atom stereocenters. The molecule has 1 aliphatic carbocycles. The molecule has 2 heterocycles. The lowest BCUT2D eigenvalue weighted by Crippen LogP contribution is -2.23. The molecule has 0 spiro atoms. The number of aromatic nitrogens is 2. The van der Waals surface area contributed by atoms with E-state index in [2.05, 4.69) is 49.2 Å². The number of nitrogens with zero attached hydrogens (tertiary/aromatic N) is 2. The van der Waals surface area contributed by atoms with Crippen molar-refractivity contribution in [1.82, 2.24) is 9.55 Å². The summed E-state index contributed by atoms with van der Waals surface area (Å²) < 4.78 is 13.9. The van der Waals surface area contributed by atoms with Gasteiger partial charge in [0.2, 0.25) is 0 Å². The lowest BCUT2D eigenvalue weighted by Gasteiger charge is -2.13. The number of ether oxygens (including phenoxy) is 2. The van der Waals surface area contributed by atoms with Gasteiger partial charge in [0.15, 0.2) is 6.10 Å². The van der Waals surface area contributed by atoms with E-state index in [1.165, 1.54) is 22.3 Å². The minimum atomic E-state index is -0.221. The van der Waals surface area contributed by atoms with Gasteiger partial charge in [-0.15, -0.1) is 0 Å². The second-order valence-electron chi connectivity index (χ2n) is 8.01. The van der Waals surface area contributed by atoms with Crippen LogP contribution in [-0.2, 0) is 6.54 Å². The molecule has 3 aromatic rings. The minimum absolute atomic E-state index is 0.138. The summed E-state index contributed by atoms with van der Waals surface area (Å²) in [7, 11) is 0. The molecule has 29 heavy (non-hydrogen) atoms. The summed E-state index contributed by atoms with van der Waals surface area (Å²) in [4.78, 5) is 15.8. The van der Waals surface area contributed by atoms with Crippen molar-refractivity contribution in [3.63, 3.8) is 0 Å². The number of rotatable bonds is 5. The Labute approximate surface area is 169 Å². The molecular weight excluding hydrogens is 364 g/mol. The first kappa shape index (κ1) is 18.0. The van der Waals surface area contributed by atoms with Crippen molar-refractivity contribution in [3.8, 4) is 22.9 Å². The summed E-state index contributed by atoms with van der Waals surface area (Å²) in [6, 6.07) is 16.6. The van der Waals surface area contributed by atoms with E-state index in [4.69, 9.17) is 9.47 Å². The maximum absolute atomic E-state index is 11.8. The van der Waals surface area contributed by atoms with E-state index in [9.17, 15) is 4.79 Å². The monoisotopic (exact) mass is 388 g/mol. The summed E-state index contributed by atoms with van der Waals surface area (Å²) in [5, 5.41) is 0. The predicted octanol–water partition coefficient (Wildman–Crippen LogP) is 4.24. The van der Waals surface area contributed by atoms with Crippen LogP contribution in [0, 0.1) is 13.8 Å². The van der Waals surface area contributed by atoms with E-state index in [-0.39, 0.29) is 11.7 Å². The Bertz CT molecular complexity index is 1110. The molecule has 0 saturated heterocycles. The molecule has 2 aliphatic rings. The maximum Gasteiger partial charge on any atom is 0.300 e. The smallest absolute Gasteiger partial charge is 0.300 e. The molecule has 1 aliphatic heterocycles. The molecule has 1 fully saturated rings.